The number of aryl methyl sites for hydroxylation is 1. The van der Waals surface area contributed by atoms with Crippen molar-refractivity contribution in [1.82, 2.24) is 5.01 Å². The number of non-ortho nitro benzene ring substituents is 1. The number of carbonyl (C=O) groups is 1. The van der Waals surface area contributed by atoms with Crippen LogP contribution in [0.3, 0.4) is 0 Å². The third-order valence-corrected chi connectivity index (χ3v) is 5.67. The van der Waals surface area contributed by atoms with Crippen molar-refractivity contribution >= 4 is 17.2 Å². The number of ether oxygens (including phenoxy) is 1. The lowest BCUT2D eigenvalue weighted by Gasteiger charge is -2.37. The number of hydrazone groups is 1. The molecule has 2 aliphatic heterocycles. The normalized spacial score (nSPS) is 19.1. The van der Waals surface area contributed by atoms with Gasteiger partial charge in [0.25, 0.3) is 11.9 Å². The van der Waals surface area contributed by atoms with Gasteiger partial charge in [0.05, 0.1) is 16.7 Å². The molecule has 2 heterocycles. The Balaban J connectivity index is 1.52. The van der Waals surface area contributed by atoms with Gasteiger partial charge in [-0.3, -0.25) is 14.9 Å². The highest BCUT2D eigenvalue weighted by Gasteiger charge is 2.43. The van der Waals surface area contributed by atoms with Crippen LogP contribution in [0.25, 0.3) is 0 Å². The zero-order chi connectivity index (χ0) is 21.5. The van der Waals surface area contributed by atoms with Gasteiger partial charge in [0.1, 0.15) is 5.75 Å². The average molecular weight is 413 g/mol. The van der Waals surface area contributed by atoms with E-state index in [4.69, 9.17) is 9.84 Å². The molecule has 0 aliphatic carbocycles. The fourth-order valence-electron chi connectivity index (χ4n) is 4.02. The predicted octanol–water partition coefficient (Wildman–Crippen LogP) is 4.66. The number of ketones is 1. The Morgan fingerprint density at radius 3 is 2.48 bits per heavy atom. The molecule has 2 atom stereocenters. The number of nitrogens with zero attached hydrogens (tertiary/aromatic N) is 3. The van der Waals surface area contributed by atoms with Crippen LogP contribution < -0.4 is 4.74 Å². The molecular formula is C24H19N3O4. The highest BCUT2D eigenvalue weighted by atomic mass is 16.6. The number of para-hydroxylation sites is 1. The molecule has 0 amide bonds. The summed E-state index contributed by atoms with van der Waals surface area (Å²) in [5, 5.41) is 17.4. The maximum absolute atomic E-state index is 13.3. The summed E-state index contributed by atoms with van der Waals surface area (Å²) < 4.78 is 6.08. The summed E-state index contributed by atoms with van der Waals surface area (Å²) in [6, 6.07) is 21.3. The molecular weight excluding hydrogens is 394 g/mol. The van der Waals surface area contributed by atoms with Crippen LogP contribution in [-0.4, -0.2) is 27.7 Å². The molecule has 7 heteroatoms. The number of hydrogen-bond acceptors (Lipinski definition) is 6. The van der Waals surface area contributed by atoms with Crippen LogP contribution >= 0.6 is 0 Å². The van der Waals surface area contributed by atoms with Gasteiger partial charge in [-0.05, 0) is 30.7 Å². The topological polar surface area (TPSA) is 85.0 Å². The summed E-state index contributed by atoms with van der Waals surface area (Å²) in [5.74, 6) is 0.368. The summed E-state index contributed by atoms with van der Waals surface area (Å²) in [6.07, 6.45) is -0.280. The monoisotopic (exact) mass is 413 g/mol. The Morgan fingerprint density at radius 1 is 1.06 bits per heavy atom. The van der Waals surface area contributed by atoms with Crippen LogP contribution in [0, 0.1) is 17.0 Å². The van der Waals surface area contributed by atoms with E-state index in [9.17, 15) is 14.9 Å². The van der Waals surface area contributed by atoms with E-state index in [-0.39, 0.29) is 17.5 Å². The lowest BCUT2D eigenvalue weighted by molar-refractivity contribution is -0.384. The minimum Gasteiger partial charge on any atom is -0.461 e. The summed E-state index contributed by atoms with van der Waals surface area (Å²) in [5.41, 5.74) is 4.34. The summed E-state index contributed by atoms with van der Waals surface area (Å²) in [6.45, 7) is 2.03. The SMILES string of the molecule is Cc1ccc(C2=NN3[C@H](C2)c2ccccc2O[C@H]3C(=O)c2ccc([N+](=O)[O-])cc2)cc1. The minimum absolute atomic E-state index is 0.0646. The molecule has 0 N–H and O–H groups in total. The van der Waals surface area contributed by atoms with Crippen molar-refractivity contribution in [1.29, 1.82) is 0 Å². The molecule has 0 radical (unpaired) electrons. The second kappa shape index (κ2) is 7.36. The van der Waals surface area contributed by atoms with Crippen LogP contribution in [0.2, 0.25) is 0 Å². The van der Waals surface area contributed by atoms with E-state index in [2.05, 4.69) is 0 Å². The van der Waals surface area contributed by atoms with Crippen LogP contribution in [0.5, 0.6) is 5.75 Å². The van der Waals surface area contributed by atoms with E-state index in [1.165, 1.54) is 29.8 Å². The van der Waals surface area contributed by atoms with Crippen LogP contribution in [0.4, 0.5) is 5.69 Å². The number of nitro groups is 1. The van der Waals surface area contributed by atoms with Crippen molar-refractivity contribution in [2.45, 2.75) is 25.6 Å². The first-order valence-corrected chi connectivity index (χ1v) is 9.98. The standard InChI is InChI=1S/C24H19N3O4/c1-15-6-8-16(9-7-15)20-14-21-19-4-2-3-5-22(19)31-24(26(21)25-20)23(28)17-10-12-18(13-11-17)27(29)30/h2-13,21,24H,14H2,1H3/t21-,24+/m1/s1. The zero-order valence-electron chi connectivity index (χ0n) is 16.8. The minimum atomic E-state index is -0.940. The third kappa shape index (κ3) is 3.34. The fraction of sp³-hybridized carbons (Fsp3) is 0.167. The second-order valence-corrected chi connectivity index (χ2v) is 7.69. The molecule has 0 saturated heterocycles. The third-order valence-electron chi connectivity index (χ3n) is 5.67. The molecule has 0 spiro atoms. The van der Waals surface area contributed by atoms with E-state index in [1.807, 2.05) is 55.5 Å². The lowest BCUT2D eigenvalue weighted by atomic mass is 9.95. The molecule has 0 aromatic heterocycles. The van der Waals surface area contributed by atoms with E-state index >= 15 is 0 Å². The Bertz CT molecular complexity index is 1200. The van der Waals surface area contributed by atoms with Crippen molar-refractivity contribution in [3.63, 3.8) is 0 Å². The molecule has 2 aliphatic rings. The Kier molecular flexibility index (Phi) is 4.51. The fourth-order valence-corrected chi connectivity index (χ4v) is 4.02. The van der Waals surface area contributed by atoms with E-state index in [0.29, 0.717) is 17.7 Å². The van der Waals surface area contributed by atoms with Gasteiger partial charge >= 0.3 is 0 Å². The van der Waals surface area contributed by atoms with Gasteiger partial charge in [-0.25, -0.2) is 5.01 Å². The number of nitro benzene ring substituents is 1. The number of carbonyl (C=O) groups excluding carboxylic acids is 1. The average Bonchev–Trinajstić information content (AvgIpc) is 3.24. The maximum atomic E-state index is 13.3. The Labute approximate surface area is 178 Å². The van der Waals surface area contributed by atoms with Crippen molar-refractivity contribution in [3.8, 4) is 5.75 Å². The highest BCUT2D eigenvalue weighted by molar-refractivity contribution is 6.03. The first-order valence-electron chi connectivity index (χ1n) is 9.98. The molecule has 0 bridgehead atoms. The van der Waals surface area contributed by atoms with Crippen molar-refractivity contribution < 1.29 is 14.5 Å². The number of benzene rings is 3. The number of fused-ring (bicyclic) bond motifs is 3. The molecule has 3 aromatic carbocycles. The largest absolute Gasteiger partial charge is 0.461 e. The molecule has 3 aromatic rings. The van der Waals surface area contributed by atoms with Crippen LogP contribution in [-0.2, 0) is 0 Å². The van der Waals surface area contributed by atoms with E-state index in [1.54, 1.807) is 5.01 Å². The summed E-state index contributed by atoms with van der Waals surface area (Å²) >= 11 is 0. The predicted molar refractivity (Wildman–Crippen MR) is 115 cm³/mol. The molecule has 0 saturated carbocycles. The Hall–Kier alpha value is -4.00. The first kappa shape index (κ1) is 19.0. The molecule has 7 nitrogen and oxygen atoms in total. The molecule has 154 valence electrons. The van der Waals surface area contributed by atoms with Gasteiger partial charge < -0.3 is 4.74 Å². The zero-order valence-corrected chi connectivity index (χ0v) is 16.8. The van der Waals surface area contributed by atoms with Gasteiger partial charge in [-0.15, -0.1) is 0 Å². The van der Waals surface area contributed by atoms with Crippen LogP contribution in [0.1, 0.15) is 39.5 Å². The van der Waals surface area contributed by atoms with Crippen molar-refractivity contribution in [3.05, 3.63) is 105 Å². The van der Waals surface area contributed by atoms with E-state index in [0.717, 1.165) is 16.8 Å². The maximum Gasteiger partial charge on any atom is 0.269 e. The highest BCUT2D eigenvalue weighted by Crippen LogP contribution is 2.43. The molecule has 5 rings (SSSR count). The number of rotatable bonds is 4. The molecule has 31 heavy (non-hydrogen) atoms. The second-order valence-electron chi connectivity index (χ2n) is 7.69. The van der Waals surface area contributed by atoms with Crippen molar-refractivity contribution in [2.75, 3.05) is 0 Å². The number of hydrogen-bond donors (Lipinski definition) is 0. The quantitative estimate of drug-likeness (QED) is 0.353. The van der Waals surface area contributed by atoms with Crippen molar-refractivity contribution in [2.24, 2.45) is 5.10 Å². The van der Waals surface area contributed by atoms with Gasteiger partial charge in [0.15, 0.2) is 0 Å². The molecule has 0 fully saturated rings. The number of Topliss-reactive ketones (excluding diaryl/α,β-unsaturated/α-hetero) is 1. The van der Waals surface area contributed by atoms with Gasteiger partial charge in [-0.2, -0.15) is 5.10 Å². The van der Waals surface area contributed by atoms with Crippen LogP contribution in [0.15, 0.2) is 77.9 Å². The first-order chi connectivity index (χ1) is 15.0. The summed E-state index contributed by atoms with van der Waals surface area (Å²) in [4.78, 5) is 23.8. The lowest BCUT2D eigenvalue weighted by Crippen LogP contribution is -2.45. The summed E-state index contributed by atoms with van der Waals surface area (Å²) in [7, 11) is 0. The van der Waals surface area contributed by atoms with E-state index < -0.39 is 11.2 Å². The Morgan fingerprint density at radius 2 is 1.77 bits per heavy atom. The van der Waals surface area contributed by atoms with Gasteiger partial charge in [0.2, 0.25) is 5.78 Å². The molecule has 0 unspecified atom stereocenters. The smallest absolute Gasteiger partial charge is 0.269 e. The van der Waals surface area contributed by atoms with Gasteiger partial charge in [0, 0.05) is 29.7 Å². The van der Waals surface area contributed by atoms with Gasteiger partial charge in [-0.1, -0.05) is 48.0 Å².